The van der Waals surface area contributed by atoms with Crippen LogP contribution in [0.2, 0.25) is 5.02 Å². The van der Waals surface area contributed by atoms with E-state index in [-0.39, 0.29) is 16.7 Å². The number of ether oxygens (including phenoxy) is 1. The quantitative estimate of drug-likeness (QED) is 0.931. The maximum Gasteiger partial charge on any atom is 0.337 e. The van der Waals surface area contributed by atoms with Crippen molar-refractivity contribution in [1.82, 2.24) is 4.90 Å². The summed E-state index contributed by atoms with van der Waals surface area (Å²) in [7, 11) is 2.19. The van der Waals surface area contributed by atoms with Gasteiger partial charge in [0.1, 0.15) is 11.9 Å². The monoisotopic (exact) mass is 295 g/mol. The van der Waals surface area contributed by atoms with Gasteiger partial charge in [-0.25, -0.2) is 4.79 Å². The Kier molecular flexibility index (Phi) is 3.61. The summed E-state index contributed by atoms with van der Waals surface area (Å²) in [5, 5.41) is 9.18. The molecule has 108 valence electrons. The van der Waals surface area contributed by atoms with E-state index in [4.69, 9.17) is 21.4 Å². The third-order valence-electron chi connectivity index (χ3n) is 4.53. The second-order valence-corrected chi connectivity index (χ2v) is 6.12. The van der Waals surface area contributed by atoms with Gasteiger partial charge in [-0.3, -0.25) is 0 Å². The first-order valence-electron chi connectivity index (χ1n) is 6.96. The van der Waals surface area contributed by atoms with Crippen LogP contribution in [-0.4, -0.2) is 41.2 Å². The molecule has 0 spiro atoms. The van der Waals surface area contributed by atoms with Crippen molar-refractivity contribution in [3.8, 4) is 5.75 Å². The van der Waals surface area contributed by atoms with Gasteiger partial charge in [0.25, 0.3) is 0 Å². The first kappa shape index (κ1) is 13.7. The molecule has 1 aromatic rings. The normalized spacial score (nSPS) is 29.4. The third-order valence-corrected chi connectivity index (χ3v) is 4.84. The van der Waals surface area contributed by atoms with Crippen molar-refractivity contribution in [2.45, 2.75) is 43.9 Å². The predicted octanol–water partition coefficient (Wildman–Crippen LogP) is 3.04. The highest BCUT2D eigenvalue weighted by molar-refractivity contribution is 6.33. The lowest BCUT2D eigenvalue weighted by atomic mass is 10.0. The average molecular weight is 296 g/mol. The molecule has 2 heterocycles. The number of hydrogen-bond acceptors (Lipinski definition) is 3. The van der Waals surface area contributed by atoms with E-state index in [1.165, 1.54) is 18.9 Å². The Bertz CT molecular complexity index is 520. The minimum atomic E-state index is -1.01. The highest BCUT2D eigenvalue weighted by atomic mass is 35.5. The topological polar surface area (TPSA) is 49.8 Å². The maximum atomic E-state index is 10.9. The van der Waals surface area contributed by atoms with Gasteiger partial charge in [-0.15, -0.1) is 0 Å². The van der Waals surface area contributed by atoms with E-state index < -0.39 is 5.97 Å². The van der Waals surface area contributed by atoms with E-state index in [9.17, 15) is 4.79 Å². The van der Waals surface area contributed by atoms with Gasteiger partial charge in [0, 0.05) is 12.1 Å². The molecule has 2 aliphatic rings. The molecule has 3 rings (SSSR count). The van der Waals surface area contributed by atoms with Crippen molar-refractivity contribution >= 4 is 17.6 Å². The summed E-state index contributed by atoms with van der Waals surface area (Å²) in [6, 6.07) is 6.03. The van der Waals surface area contributed by atoms with Gasteiger partial charge in [0.15, 0.2) is 0 Å². The first-order valence-corrected chi connectivity index (χ1v) is 7.34. The van der Waals surface area contributed by atoms with Crippen LogP contribution < -0.4 is 4.74 Å². The Morgan fingerprint density at radius 3 is 2.55 bits per heavy atom. The van der Waals surface area contributed by atoms with E-state index in [1.54, 1.807) is 12.1 Å². The van der Waals surface area contributed by atoms with Crippen molar-refractivity contribution < 1.29 is 14.6 Å². The molecule has 2 fully saturated rings. The Hall–Kier alpha value is -1.26. The molecule has 0 radical (unpaired) electrons. The highest BCUT2D eigenvalue weighted by Crippen LogP contribution is 2.36. The molecule has 0 unspecified atom stereocenters. The van der Waals surface area contributed by atoms with Gasteiger partial charge in [0.2, 0.25) is 0 Å². The van der Waals surface area contributed by atoms with Crippen LogP contribution >= 0.6 is 11.6 Å². The molecule has 0 amide bonds. The Morgan fingerprint density at radius 2 is 2.00 bits per heavy atom. The zero-order valence-corrected chi connectivity index (χ0v) is 12.1. The first-order chi connectivity index (χ1) is 9.54. The molecule has 1 aromatic carbocycles. The van der Waals surface area contributed by atoms with Crippen LogP contribution in [0.5, 0.6) is 5.75 Å². The van der Waals surface area contributed by atoms with E-state index in [1.807, 2.05) is 0 Å². The molecule has 0 aromatic heterocycles. The summed E-state index contributed by atoms with van der Waals surface area (Å²) in [5.41, 5.74) is 0.113. The molecule has 4 nitrogen and oxygen atoms in total. The molecule has 0 aliphatic carbocycles. The smallest absolute Gasteiger partial charge is 0.337 e. The number of piperidine rings is 1. The highest BCUT2D eigenvalue weighted by Gasteiger charge is 2.39. The number of rotatable bonds is 3. The second kappa shape index (κ2) is 5.26. The van der Waals surface area contributed by atoms with Crippen molar-refractivity contribution in [2.75, 3.05) is 7.05 Å². The van der Waals surface area contributed by atoms with Gasteiger partial charge in [-0.05, 0) is 50.9 Å². The number of carboxylic acid groups (broad SMARTS) is 1. The zero-order valence-electron chi connectivity index (χ0n) is 11.4. The van der Waals surface area contributed by atoms with Crippen molar-refractivity contribution in [3.05, 3.63) is 28.8 Å². The number of fused-ring (bicyclic) bond motifs is 2. The Labute approximate surface area is 123 Å². The number of hydrogen-bond donors (Lipinski definition) is 1. The van der Waals surface area contributed by atoms with Crippen LogP contribution in [0.15, 0.2) is 18.2 Å². The number of nitrogens with zero attached hydrogens (tertiary/aromatic N) is 1. The van der Waals surface area contributed by atoms with Crippen LogP contribution in [0.25, 0.3) is 0 Å². The molecule has 0 saturated carbocycles. The summed E-state index contributed by atoms with van der Waals surface area (Å²) in [6.07, 6.45) is 4.77. The lowest BCUT2D eigenvalue weighted by Gasteiger charge is -2.36. The number of carbonyl (C=O) groups is 1. The third kappa shape index (κ3) is 2.50. The van der Waals surface area contributed by atoms with Gasteiger partial charge >= 0.3 is 5.97 Å². The Morgan fingerprint density at radius 1 is 1.35 bits per heavy atom. The van der Waals surface area contributed by atoms with Crippen molar-refractivity contribution in [1.29, 1.82) is 0 Å². The SMILES string of the molecule is CN1[C@@H]2CC[C@H]1C[C@@H](Oc1ccc(C(=O)O)c(Cl)c1)C2. The number of halogens is 1. The molecule has 2 saturated heterocycles. The van der Waals surface area contributed by atoms with Crippen molar-refractivity contribution in [2.24, 2.45) is 0 Å². The lowest BCUT2D eigenvalue weighted by Crippen LogP contribution is -2.43. The van der Waals surface area contributed by atoms with Gasteiger partial charge in [-0.2, -0.15) is 0 Å². The largest absolute Gasteiger partial charge is 0.490 e. The van der Waals surface area contributed by atoms with Crippen LogP contribution in [0.4, 0.5) is 0 Å². The van der Waals surface area contributed by atoms with Crippen LogP contribution in [0.1, 0.15) is 36.0 Å². The number of benzene rings is 1. The van der Waals surface area contributed by atoms with E-state index in [2.05, 4.69) is 11.9 Å². The zero-order chi connectivity index (χ0) is 14.3. The fourth-order valence-electron chi connectivity index (χ4n) is 3.39. The molecule has 20 heavy (non-hydrogen) atoms. The molecule has 2 aliphatic heterocycles. The number of carboxylic acids is 1. The molecule has 3 atom stereocenters. The molecular weight excluding hydrogens is 278 g/mol. The van der Waals surface area contributed by atoms with Crippen molar-refractivity contribution in [3.63, 3.8) is 0 Å². The van der Waals surface area contributed by atoms with E-state index in [0.717, 1.165) is 12.8 Å². The van der Waals surface area contributed by atoms with Crippen LogP contribution in [0.3, 0.4) is 0 Å². The van der Waals surface area contributed by atoms with E-state index in [0.29, 0.717) is 17.8 Å². The summed E-state index contributed by atoms with van der Waals surface area (Å²) in [5.74, 6) is -0.354. The Balaban J connectivity index is 1.70. The molecule has 2 bridgehead atoms. The van der Waals surface area contributed by atoms with Crippen LogP contribution in [-0.2, 0) is 0 Å². The van der Waals surface area contributed by atoms with Gasteiger partial charge < -0.3 is 14.7 Å². The average Bonchev–Trinajstić information content (AvgIpc) is 2.62. The standard InChI is InChI=1S/C15H18ClNO3/c1-17-9-2-3-10(17)7-12(6-9)20-11-4-5-13(15(18)19)14(16)8-11/h4-5,8-10,12H,2-3,6-7H2,1H3,(H,18,19)/t9-,10+,12+. The summed E-state index contributed by atoms with van der Waals surface area (Å²) in [6.45, 7) is 0. The fourth-order valence-corrected chi connectivity index (χ4v) is 3.64. The predicted molar refractivity (Wildman–Crippen MR) is 76.6 cm³/mol. The molecule has 5 heteroatoms. The number of aromatic carboxylic acids is 1. The molecule has 1 N–H and O–H groups in total. The minimum absolute atomic E-state index is 0.113. The minimum Gasteiger partial charge on any atom is -0.490 e. The second-order valence-electron chi connectivity index (χ2n) is 5.71. The summed E-state index contributed by atoms with van der Waals surface area (Å²) in [4.78, 5) is 13.4. The summed E-state index contributed by atoms with van der Waals surface area (Å²) < 4.78 is 6.00. The molecular formula is C15H18ClNO3. The lowest BCUT2D eigenvalue weighted by molar-refractivity contribution is 0.0661. The van der Waals surface area contributed by atoms with E-state index >= 15 is 0 Å². The van der Waals surface area contributed by atoms with Gasteiger partial charge in [0.05, 0.1) is 10.6 Å². The summed E-state index contributed by atoms with van der Waals surface area (Å²) >= 11 is 5.97. The maximum absolute atomic E-state index is 10.9. The fraction of sp³-hybridized carbons (Fsp3) is 0.533. The van der Waals surface area contributed by atoms with Gasteiger partial charge in [-0.1, -0.05) is 11.6 Å². The van der Waals surface area contributed by atoms with Crippen LogP contribution in [0, 0.1) is 0 Å².